The van der Waals surface area contributed by atoms with Gasteiger partial charge < -0.3 is 9.64 Å². The van der Waals surface area contributed by atoms with E-state index >= 15 is 0 Å². The van der Waals surface area contributed by atoms with Crippen LogP contribution in [-0.2, 0) is 4.74 Å². The molecule has 0 bridgehead atoms. The molecule has 1 aromatic carbocycles. The van der Waals surface area contributed by atoms with Crippen LogP contribution in [0.3, 0.4) is 0 Å². The summed E-state index contributed by atoms with van der Waals surface area (Å²) >= 11 is 0. The Morgan fingerprint density at radius 3 is 2.56 bits per heavy atom. The molecule has 0 aliphatic heterocycles. The first-order chi connectivity index (χ1) is 11.6. The Balaban J connectivity index is 2.18. The lowest BCUT2D eigenvalue weighted by Gasteiger charge is -2.19. The Hall–Kier alpha value is -2.96. The molecule has 0 saturated carbocycles. The third kappa shape index (κ3) is 5.56. The Morgan fingerprint density at radius 1 is 1.20 bits per heavy atom. The minimum Gasteiger partial charge on any atom is -0.444 e. The second kappa shape index (κ2) is 7.29. The molecule has 1 N–H and O–H groups in total. The highest BCUT2D eigenvalue weighted by atomic mass is 16.6. The van der Waals surface area contributed by atoms with Crippen LogP contribution >= 0.6 is 0 Å². The van der Waals surface area contributed by atoms with Crippen molar-refractivity contribution in [1.82, 2.24) is 9.88 Å². The van der Waals surface area contributed by atoms with Crippen molar-refractivity contribution in [1.29, 1.82) is 0 Å². The second-order valence-electron chi connectivity index (χ2n) is 6.74. The van der Waals surface area contributed by atoms with Crippen LogP contribution in [0.25, 0.3) is 10.9 Å². The number of aliphatic imine (C=N–C) groups is 1. The van der Waals surface area contributed by atoms with Crippen molar-refractivity contribution in [2.24, 2.45) is 4.99 Å². The first-order valence-electron chi connectivity index (χ1n) is 7.80. The van der Waals surface area contributed by atoms with Gasteiger partial charge in [-0.1, -0.05) is 0 Å². The molecule has 2 rings (SSSR count). The minimum absolute atomic E-state index is 0.327. The van der Waals surface area contributed by atoms with Gasteiger partial charge in [0.2, 0.25) is 0 Å². The molecule has 1 aromatic heterocycles. The zero-order chi connectivity index (χ0) is 18.6. The molecule has 2 amide bonds. The Bertz CT molecular complexity index is 823. The SMILES string of the molecule is CN(C)C=NC(=O)c1ccc2nc(NC(=O)OC(C)(C)C)ccc2c1. The second-order valence-corrected chi connectivity index (χ2v) is 6.74. The maximum atomic E-state index is 12.0. The predicted octanol–water partition coefficient (Wildman–Crippen LogP) is 3.31. The van der Waals surface area contributed by atoms with Crippen LogP contribution in [0.15, 0.2) is 35.3 Å². The van der Waals surface area contributed by atoms with Crippen LogP contribution < -0.4 is 5.32 Å². The number of carbonyl (C=O) groups is 2. The summed E-state index contributed by atoms with van der Waals surface area (Å²) in [6.45, 7) is 5.37. The largest absolute Gasteiger partial charge is 0.444 e. The molecule has 0 aliphatic carbocycles. The lowest BCUT2D eigenvalue weighted by Crippen LogP contribution is -2.27. The van der Waals surface area contributed by atoms with E-state index in [0.717, 1.165) is 5.39 Å². The molecule has 0 fully saturated rings. The van der Waals surface area contributed by atoms with Gasteiger partial charge >= 0.3 is 6.09 Å². The first kappa shape index (κ1) is 18.4. The van der Waals surface area contributed by atoms with Crippen LogP contribution in [0.5, 0.6) is 0 Å². The van der Waals surface area contributed by atoms with E-state index in [1.165, 1.54) is 6.34 Å². The van der Waals surface area contributed by atoms with Crippen LogP contribution in [0.4, 0.5) is 10.6 Å². The number of ether oxygens (including phenoxy) is 1. The summed E-state index contributed by atoms with van der Waals surface area (Å²) in [4.78, 5) is 33.7. The average Bonchev–Trinajstić information content (AvgIpc) is 2.50. The normalized spacial score (nSPS) is 11.6. The highest BCUT2D eigenvalue weighted by Gasteiger charge is 2.16. The minimum atomic E-state index is -0.580. The number of carbonyl (C=O) groups excluding carboxylic acids is 2. The zero-order valence-electron chi connectivity index (χ0n) is 15.0. The number of nitrogens with zero attached hydrogens (tertiary/aromatic N) is 3. The van der Waals surface area contributed by atoms with Crippen molar-refractivity contribution in [3.05, 3.63) is 35.9 Å². The van der Waals surface area contributed by atoms with Crippen LogP contribution in [0.1, 0.15) is 31.1 Å². The summed E-state index contributed by atoms with van der Waals surface area (Å²) < 4.78 is 5.20. The molecule has 7 nitrogen and oxygen atoms in total. The van der Waals surface area contributed by atoms with Gasteiger partial charge in [-0.3, -0.25) is 10.1 Å². The molecule has 0 atom stereocenters. The van der Waals surface area contributed by atoms with E-state index in [9.17, 15) is 9.59 Å². The lowest BCUT2D eigenvalue weighted by atomic mass is 10.1. The number of hydrogen-bond acceptors (Lipinski definition) is 4. The van der Waals surface area contributed by atoms with Gasteiger partial charge in [-0.05, 0) is 51.1 Å². The standard InChI is InChI=1S/C18H22N4O3/c1-18(2,3)25-17(24)21-15-9-7-12-10-13(6-8-14(12)20-15)16(23)19-11-22(4)5/h6-11H,1-5H3,(H,20,21,24). The van der Waals surface area contributed by atoms with Gasteiger partial charge in [-0.2, -0.15) is 4.99 Å². The van der Waals surface area contributed by atoms with Crippen molar-refractivity contribution in [2.75, 3.05) is 19.4 Å². The maximum Gasteiger partial charge on any atom is 0.413 e. The summed E-state index contributed by atoms with van der Waals surface area (Å²) in [5, 5.41) is 3.37. The molecule has 1 heterocycles. The van der Waals surface area contributed by atoms with Gasteiger partial charge in [0.1, 0.15) is 11.4 Å². The Morgan fingerprint density at radius 2 is 1.92 bits per heavy atom. The Labute approximate surface area is 146 Å². The number of aromatic nitrogens is 1. The summed E-state index contributed by atoms with van der Waals surface area (Å²) in [7, 11) is 3.58. The van der Waals surface area contributed by atoms with Crippen molar-refractivity contribution in [3.63, 3.8) is 0 Å². The van der Waals surface area contributed by atoms with E-state index in [0.29, 0.717) is 16.9 Å². The van der Waals surface area contributed by atoms with Gasteiger partial charge in [0.15, 0.2) is 0 Å². The van der Waals surface area contributed by atoms with Crippen LogP contribution in [0, 0.1) is 0 Å². The van der Waals surface area contributed by atoms with Crippen molar-refractivity contribution in [2.45, 2.75) is 26.4 Å². The zero-order valence-corrected chi connectivity index (χ0v) is 15.0. The summed E-state index contributed by atoms with van der Waals surface area (Å²) in [6, 6.07) is 8.52. The van der Waals surface area contributed by atoms with Gasteiger partial charge in [-0.15, -0.1) is 0 Å². The third-order valence-corrected chi connectivity index (χ3v) is 2.97. The van der Waals surface area contributed by atoms with Crippen molar-refractivity contribution < 1.29 is 14.3 Å². The number of nitrogens with one attached hydrogen (secondary N) is 1. The number of hydrogen-bond donors (Lipinski definition) is 1. The summed E-state index contributed by atoms with van der Waals surface area (Å²) in [5.41, 5.74) is 0.547. The van der Waals surface area contributed by atoms with E-state index < -0.39 is 11.7 Å². The number of rotatable bonds is 3. The molecule has 7 heteroatoms. The number of anilines is 1. The predicted molar refractivity (Wildman–Crippen MR) is 98.1 cm³/mol. The van der Waals surface area contributed by atoms with E-state index in [1.54, 1.807) is 70.1 Å². The van der Waals surface area contributed by atoms with Gasteiger partial charge in [0.05, 0.1) is 11.9 Å². The molecule has 0 unspecified atom stereocenters. The van der Waals surface area contributed by atoms with E-state index in [1.807, 2.05) is 0 Å². The number of benzene rings is 1. The average molecular weight is 342 g/mol. The molecule has 2 aromatic rings. The smallest absolute Gasteiger partial charge is 0.413 e. The molecule has 0 aliphatic rings. The number of amides is 2. The van der Waals surface area contributed by atoms with E-state index in [2.05, 4.69) is 15.3 Å². The van der Waals surface area contributed by atoms with Crippen molar-refractivity contribution >= 4 is 35.1 Å². The van der Waals surface area contributed by atoms with E-state index in [-0.39, 0.29) is 5.91 Å². The summed E-state index contributed by atoms with van der Waals surface area (Å²) in [5.74, 6) is 0.0537. The fourth-order valence-corrected chi connectivity index (χ4v) is 1.98. The quantitative estimate of drug-likeness (QED) is 0.683. The topological polar surface area (TPSA) is 83.9 Å². The van der Waals surface area contributed by atoms with Crippen LogP contribution in [0.2, 0.25) is 0 Å². The molecular weight excluding hydrogens is 320 g/mol. The lowest BCUT2D eigenvalue weighted by molar-refractivity contribution is 0.0635. The first-order valence-corrected chi connectivity index (χ1v) is 7.80. The Kier molecular flexibility index (Phi) is 5.36. The van der Waals surface area contributed by atoms with Gasteiger partial charge in [0, 0.05) is 25.0 Å². The fraction of sp³-hybridized carbons (Fsp3) is 0.333. The molecule has 132 valence electrons. The van der Waals surface area contributed by atoms with Gasteiger partial charge in [-0.25, -0.2) is 9.78 Å². The highest BCUT2D eigenvalue weighted by molar-refractivity contribution is 6.01. The van der Waals surface area contributed by atoms with Gasteiger partial charge in [0.25, 0.3) is 5.91 Å². The van der Waals surface area contributed by atoms with E-state index in [4.69, 9.17) is 4.74 Å². The summed E-state index contributed by atoms with van der Waals surface area (Å²) in [6.07, 6.45) is 0.891. The number of fused-ring (bicyclic) bond motifs is 1. The molecule has 0 saturated heterocycles. The molecular formula is C18H22N4O3. The fourth-order valence-electron chi connectivity index (χ4n) is 1.98. The third-order valence-electron chi connectivity index (χ3n) is 2.97. The molecule has 0 radical (unpaired) electrons. The monoisotopic (exact) mass is 342 g/mol. The molecule has 0 spiro atoms. The maximum absolute atomic E-state index is 12.0. The highest BCUT2D eigenvalue weighted by Crippen LogP contribution is 2.18. The number of pyridine rings is 1. The molecule has 25 heavy (non-hydrogen) atoms. The van der Waals surface area contributed by atoms with Crippen molar-refractivity contribution in [3.8, 4) is 0 Å². The van der Waals surface area contributed by atoms with Crippen LogP contribution in [-0.4, -0.2) is 47.9 Å².